The molecule has 168 valence electrons. The average molecular weight is 447 g/mol. The minimum absolute atomic E-state index is 0.219. The molecule has 0 unspecified atom stereocenters. The SMILES string of the molecule is O=C(Cn1cc([N+](=O)[O-])ccc1=O)N(C/C=C/c1ccccc1)c1ccc2c(c1)OCCO2. The van der Waals surface area contributed by atoms with Crippen molar-refractivity contribution < 1.29 is 19.2 Å². The Balaban J connectivity index is 1.62. The first-order valence-corrected chi connectivity index (χ1v) is 10.3. The van der Waals surface area contributed by atoms with Crippen molar-refractivity contribution in [2.45, 2.75) is 6.54 Å². The van der Waals surface area contributed by atoms with E-state index in [1.54, 1.807) is 18.2 Å². The molecule has 0 radical (unpaired) electrons. The Morgan fingerprint density at radius 2 is 1.82 bits per heavy atom. The number of amides is 1. The van der Waals surface area contributed by atoms with Gasteiger partial charge in [0, 0.05) is 30.4 Å². The van der Waals surface area contributed by atoms with Crippen LogP contribution >= 0.6 is 0 Å². The molecule has 3 aromatic rings. The molecule has 0 spiro atoms. The minimum Gasteiger partial charge on any atom is -0.486 e. The van der Waals surface area contributed by atoms with Gasteiger partial charge in [0.05, 0.1) is 11.1 Å². The molecule has 9 nitrogen and oxygen atoms in total. The van der Waals surface area contributed by atoms with Gasteiger partial charge in [0.15, 0.2) is 11.5 Å². The quantitative estimate of drug-likeness (QED) is 0.407. The van der Waals surface area contributed by atoms with E-state index < -0.39 is 16.4 Å². The number of benzene rings is 2. The number of fused-ring (bicyclic) bond motifs is 1. The van der Waals surface area contributed by atoms with Gasteiger partial charge in [-0.05, 0) is 17.7 Å². The lowest BCUT2D eigenvalue weighted by Crippen LogP contribution is -2.36. The largest absolute Gasteiger partial charge is 0.486 e. The Morgan fingerprint density at radius 1 is 1.06 bits per heavy atom. The lowest BCUT2D eigenvalue weighted by Gasteiger charge is -2.25. The third-order valence-electron chi connectivity index (χ3n) is 5.02. The van der Waals surface area contributed by atoms with E-state index in [2.05, 4.69) is 0 Å². The van der Waals surface area contributed by atoms with Gasteiger partial charge in [-0.1, -0.05) is 42.5 Å². The first-order chi connectivity index (χ1) is 16.0. The van der Waals surface area contributed by atoms with E-state index in [1.165, 1.54) is 4.90 Å². The Bertz CT molecular complexity index is 1250. The first-order valence-electron chi connectivity index (χ1n) is 10.3. The molecule has 0 aliphatic carbocycles. The molecule has 1 aliphatic rings. The monoisotopic (exact) mass is 447 g/mol. The second kappa shape index (κ2) is 9.82. The third kappa shape index (κ3) is 5.27. The summed E-state index contributed by atoms with van der Waals surface area (Å²) in [5, 5.41) is 11.1. The van der Waals surface area contributed by atoms with Crippen molar-refractivity contribution >= 4 is 23.4 Å². The van der Waals surface area contributed by atoms with E-state index in [1.807, 2.05) is 42.5 Å². The van der Waals surface area contributed by atoms with Crippen LogP contribution in [0.2, 0.25) is 0 Å². The highest BCUT2D eigenvalue weighted by molar-refractivity contribution is 5.94. The van der Waals surface area contributed by atoms with Crippen LogP contribution in [0, 0.1) is 10.1 Å². The van der Waals surface area contributed by atoms with Gasteiger partial charge < -0.3 is 14.4 Å². The molecule has 2 heterocycles. The Morgan fingerprint density at radius 3 is 2.58 bits per heavy atom. The van der Waals surface area contributed by atoms with Gasteiger partial charge in [-0.15, -0.1) is 0 Å². The molecule has 0 bridgehead atoms. The van der Waals surface area contributed by atoms with E-state index >= 15 is 0 Å². The molecule has 1 amide bonds. The van der Waals surface area contributed by atoms with Crippen LogP contribution in [0.4, 0.5) is 11.4 Å². The maximum absolute atomic E-state index is 13.2. The third-order valence-corrected chi connectivity index (χ3v) is 5.02. The van der Waals surface area contributed by atoms with Gasteiger partial charge in [0.25, 0.3) is 11.2 Å². The van der Waals surface area contributed by atoms with Crippen LogP contribution in [-0.4, -0.2) is 35.2 Å². The zero-order chi connectivity index (χ0) is 23.2. The van der Waals surface area contributed by atoms with E-state index in [0.717, 1.165) is 28.5 Å². The van der Waals surface area contributed by atoms with Crippen molar-refractivity contribution in [1.82, 2.24) is 4.57 Å². The predicted octanol–water partition coefficient (Wildman–Crippen LogP) is 3.27. The number of pyridine rings is 1. The highest BCUT2D eigenvalue weighted by Crippen LogP contribution is 2.34. The summed E-state index contributed by atoms with van der Waals surface area (Å²) in [6.45, 7) is 0.719. The molecule has 0 saturated carbocycles. The Labute approximate surface area is 189 Å². The van der Waals surface area contributed by atoms with Crippen molar-refractivity contribution in [3.63, 3.8) is 0 Å². The van der Waals surface area contributed by atoms with Gasteiger partial charge in [0.2, 0.25) is 5.91 Å². The van der Waals surface area contributed by atoms with Gasteiger partial charge in [-0.3, -0.25) is 24.3 Å². The Hall–Kier alpha value is -4.40. The summed E-state index contributed by atoms with van der Waals surface area (Å²) in [7, 11) is 0. The maximum atomic E-state index is 13.2. The zero-order valence-corrected chi connectivity index (χ0v) is 17.6. The van der Waals surface area contributed by atoms with Crippen LogP contribution in [0.3, 0.4) is 0 Å². The molecule has 0 saturated heterocycles. The highest BCUT2D eigenvalue weighted by Gasteiger charge is 2.20. The van der Waals surface area contributed by atoms with E-state index in [4.69, 9.17) is 9.47 Å². The fourth-order valence-corrected chi connectivity index (χ4v) is 3.39. The van der Waals surface area contributed by atoms with Crippen molar-refractivity contribution in [1.29, 1.82) is 0 Å². The summed E-state index contributed by atoms with van der Waals surface area (Å²) in [6, 6.07) is 17.0. The van der Waals surface area contributed by atoms with Crippen LogP contribution in [0.15, 0.2) is 77.7 Å². The topological polar surface area (TPSA) is 104 Å². The number of nitrogens with zero attached hydrogens (tertiary/aromatic N) is 3. The molecule has 1 aromatic heterocycles. The Kier molecular flexibility index (Phi) is 6.49. The van der Waals surface area contributed by atoms with Crippen molar-refractivity contribution in [2.75, 3.05) is 24.7 Å². The molecule has 0 N–H and O–H groups in total. The zero-order valence-electron chi connectivity index (χ0n) is 17.6. The number of carbonyl (C=O) groups is 1. The fourth-order valence-electron chi connectivity index (χ4n) is 3.39. The van der Waals surface area contributed by atoms with Crippen molar-refractivity contribution in [3.05, 3.63) is 99.0 Å². The van der Waals surface area contributed by atoms with E-state index in [-0.39, 0.29) is 18.8 Å². The van der Waals surface area contributed by atoms with Gasteiger partial charge >= 0.3 is 0 Å². The molecule has 0 atom stereocenters. The van der Waals surface area contributed by atoms with Gasteiger partial charge in [-0.25, -0.2) is 0 Å². The number of carbonyl (C=O) groups excluding carboxylic acids is 1. The standard InChI is InChI=1S/C24H21N3O6/c28-23-11-9-20(27(30)31)16-25(23)17-24(29)26(12-4-7-18-5-2-1-3-6-18)19-8-10-21-22(15-19)33-14-13-32-21/h1-11,15-16H,12-14,17H2/b7-4+. The number of anilines is 1. The number of nitro groups is 1. The molecule has 0 fully saturated rings. The lowest BCUT2D eigenvalue weighted by atomic mass is 10.2. The summed E-state index contributed by atoms with van der Waals surface area (Å²) in [5.74, 6) is 0.704. The van der Waals surface area contributed by atoms with E-state index in [0.29, 0.717) is 30.4 Å². The van der Waals surface area contributed by atoms with Crippen LogP contribution in [0.25, 0.3) is 6.08 Å². The minimum atomic E-state index is -0.610. The average Bonchev–Trinajstić information content (AvgIpc) is 2.83. The molecule has 4 rings (SSSR count). The number of aromatic nitrogens is 1. The number of rotatable bonds is 7. The summed E-state index contributed by atoms with van der Waals surface area (Å²) in [5.41, 5.74) is 0.760. The van der Waals surface area contributed by atoms with Crippen molar-refractivity contribution in [3.8, 4) is 11.5 Å². The molecular weight excluding hydrogens is 426 g/mol. The summed E-state index contributed by atoms with van der Waals surface area (Å²) in [6.07, 6.45) is 4.79. The molecule has 1 aliphatic heterocycles. The normalized spacial score (nSPS) is 12.5. The van der Waals surface area contributed by atoms with Crippen LogP contribution in [0.5, 0.6) is 11.5 Å². The predicted molar refractivity (Wildman–Crippen MR) is 123 cm³/mol. The second-order valence-corrected chi connectivity index (χ2v) is 7.26. The number of hydrogen-bond donors (Lipinski definition) is 0. The lowest BCUT2D eigenvalue weighted by molar-refractivity contribution is -0.385. The van der Waals surface area contributed by atoms with Gasteiger partial charge in [-0.2, -0.15) is 0 Å². The van der Waals surface area contributed by atoms with Gasteiger partial charge in [0.1, 0.15) is 19.8 Å². The second-order valence-electron chi connectivity index (χ2n) is 7.26. The fraction of sp³-hybridized carbons (Fsp3) is 0.167. The molecular formula is C24H21N3O6. The maximum Gasteiger partial charge on any atom is 0.285 e. The highest BCUT2D eigenvalue weighted by atomic mass is 16.6. The molecule has 9 heteroatoms. The first kappa shape index (κ1) is 21.8. The number of ether oxygens (including phenoxy) is 2. The van der Waals surface area contributed by atoms with E-state index in [9.17, 15) is 19.7 Å². The van der Waals surface area contributed by atoms with Crippen LogP contribution < -0.4 is 19.9 Å². The summed E-state index contributed by atoms with van der Waals surface area (Å²) < 4.78 is 12.2. The van der Waals surface area contributed by atoms with Crippen LogP contribution in [-0.2, 0) is 11.3 Å². The summed E-state index contributed by atoms with van der Waals surface area (Å²) >= 11 is 0. The number of hydrogen-bond acceptors (Lipinski definition) is 6. The van der Waals surface area contributed by atoms with Crippen molar-refractivity contribution in [2.24, 2.45) is 0 Å². The van der Waals surface area contributed by atoms with Crippen LogP contribution in [0.1, 0.15) is 5.56 Å². The smallest absolute Gasteiger partial charge is 0.285 e. The molecule has 2 aromatic carbocycles. The molecule has 33 heavy (non-hydrogen) atoms. The summed E-state index contributed by atoms with van der Waals surface area (Å²) in [4.78, 5) is 37.4.